The normalized spacial score (nSPS) is 10.8. The molecule has 0 aliphatic rings. The molecule has 2 N–H and O–H groups in total. The van der Waals surface area contributed by atoms with Crippen LogP contribution in [0, 0.1) is 5.82 Å². The van der Waals surface area contributed by atoms with Crippen LogP contribution in [0.1, 0.15) is 24.7 Å². The first-order valence-corrected chi connectivity index (χ1v) is 10.2. The number of aromatic amines is 1. The van der Waals surface area contributed by atoms with Gasteiger partial charge in [-0.15, -0.1) is 10.2 Å². The van der Waals surface area contributed by atoms with Gasteiger partial charge in [-0.2, -0.15) is 5.21 Å². The number of nitrogens with one attached hydrogen (secondary N) is 2. The highest BCUT2D eigenvalue weighted by atomic mass is 19.1. The van der Waals surface area contributed by atoms with E-state index in [1.165, 1.54) is 29.0 Å². The van der Waals surface area contributed by atoms with Gasteiger partial charge in [-0.25, -0.2) is 9.37 Å². The zero-order valence-electron chi connectivity index (χ0n) is 17.5. The fraction of sp³-hybridized carbons (Fsp3) is 0.227. The molecule has 32 heavy (non-hydrogen) atoms. The highest BCUT2D eigenvalue weighted by Gasteiger charge is 2.11. The van der Waals surface area contributed by atoms with Gasteiger partial charge >= 0.3 is 0 Å². The number of tetrazole rings is 1. The van der Waals surface area contributed by atoms with E-state index >= 15 is 0 Å². The van der Waals surface area contributed by atoms with Crippen molar-refractivity contribution in [2.45, 2.75) is 26.2 Å². The molecule has 0 bridgehead atoms. The van der Waals surface area contributed by atoms with Gasteiger partial charge in [0.1, 0.15) is 11.6 Å². The molecule has 164 valence electrons. The number of hydrogen-bond acceptors (Lipinski definition) is 7. The molecule has 2 heterocycles. The standard InChI is InChI=1S/C22H22FN7O2/c1-2-13-32-19-14-16(23)6-9-18(19)25-21-22(31)30(12-11-24-21)17-7-3-15(4-8-17)5-10-20-26-28-29-27-20/h3-4,6-9,11-12,14H,2,5,10,13H2,1H3,(H,24,25)(H,26,27,28,29). The molecule has 0 spiro atoms. The maximum Gasteiger partial charge on any atom is 0.298 e. The number of hydrogen-bond donors (Lipinski definition) is 2. The summed E-state index contributed by atoms with van der Waals surface area (Å²) in [7, 11) is 0. The molecule has 4 rings (SSSR count). The zero-order valence-corrected chi connectivity index (χ0v) is 17.5. The maximum absolute atomic E-state index is 13.6. The Morgan fingerprint density at radius 2 is 2.00 bits per heavy atom. The van der Waals surface area contributed by atoms with Crippen LogP contribution in [0.25, 0.3) is 5.69 Å². The number of nitrogens with zero attached hydrogens (tertiary/aromatic N) is 5. The lowest BCUT2D eigenvalue weighted by atomic mass is 10.1. The van der Waals surface area contributed by atoms with Crippen LogP contribution in [-0.2, 0) is 12.8 Å². The minimum atomic E-state index is -0.417. The summed E-state index contributed by atoms with van der Waals surface area (Å²) in [5, 5.41) is 16.8. The number of anilines is 2. The second-order valence-electron chi connectivity index (χ2n) is 7.06. The van der Waals surface area contributed by atoms with Gasteiger partial charge in [-0.1, -0.05) is 24.3 Å². The van der Waals surface area contributed by atoms with Gasteiger partial charge in [-0.3, -0.25) is 9.36 Å². The monoisotopic (exact) mass is 435 g/mol. The number of aromatic nitrogens is 6. The number of halogens is 1. The molecule has 0 radical (unpaired) electrons. The third-order valence-electron chi connectivity index (χ3n) is 4.74. The van der Waals surface area contributed by atoms with Crippen molar-refractivity contribution < 1.29 is 9.13 Å². The molecule has 0 fully saturated rings. The molecule has 4 aromatic rings. The Labute approximate surface area is 183 Å². The van der Waals surface area contributed by atoms with Gasteiger partial charge in [-0.05, 0) is 42.7 Å². The summed E-state index contributed by atoms with van der Waals surface area (Å²) >= 11 is 0. The van der Waals surface area contributed by atoms with Crippen molar-refractivity contribution in [3.8, 4) is 11.4 Å². The fourth-order valence-corrected chi connectivity index (χ4v) is 3.13. The van der Waals surface area contributed by atoms with E-state index in [-0.39, 0.29) is 11.4 Å². The second-order valence-corrected chi connectivity index (χ2v) is 7.06. The summed E-state index contributed by atoms with van der Waals surface area (Å²) in [5.41, 5.74) is 1.92. The van der Waals surface area contributed by atoms with Crippen molar-refractivity contribution in [1.29, 1.82) is 0 Å². The molecule has 0 aliphatic carbocycles. The van der Waals surface area contributed by atoms with Crippen LogP contribution in [0.4, 0.5) is 15.9 Å². The number of rotatable bonds is 9. The Balaban J connectivity index is 1.53. The highest BCUT2D eigenvalue weighted by Crippen LogP contribution is 2.27. The first-order chi connectivity index (χ1) is 15.6. The highest BCUT2D eigenvalue weighted by molar-refractivity contribution is 5.64. The van der Waals surface area contributed by atoms with Gasteiger partial charge in [0.15, 0.2) is 11.6 Å². The van der Waals surface area contributed by atoms with E-state index in [0.29, 0.717) is 36.0 Å². The molecule has 2 aromatic heterocycles. The van der Waals surface area contributed by atoms with Crippen LogP contribution < -0.4 is 15.6 Å². The SMILES string of the molecule is CCCOc1cc(F)ccc1Nc1nccn(-c2ccc(CCc3nn[nH]n3)cc2)c1=O. The minimum Gasteiger partial charge on any atom is -0.491 e. The van der Waals surface area contributed by atoms with Crippen molar-refractivity contribution >= 4 is 11.5 Å². The van der Waals surface area contributed by atoms with Crippen LogP contribution >= 0.6 is 0 Å². The first-order valence-electron chi connectivity index (χ1n) is 10.2. The summed E-state index contributed by atoms with van der Waals surface area (Å²) in [6.07, 6.45) is 5.32. The van der Waals surface area contributed by atoms with Crippen LogP contribution in [-0.4, -0.2) is 36.8 Å². The lowest BCUT2D eigenvalue weighted by molar-refractivity contribution is 0.317. The van der Waals surface area contributed by atoms with Crippen LogP contribution in [0.15, 0.2) is 59.7 Å². The molecule has 0 saturated carbocycles. The lowest BCUT2D eigenvalue weighted by Gasteiger charge is -2.13. The molecule has 0 amide bonds. The molecule has 0 saturated heterocycles. The molecule has 0 aliphatic heterocycles. The largest absolute Gasteiger partial charge is 0.491 e. The van der Waals surface area contributed by atoms with Gasteiger partial charge in [0, 0.05) is 30.6 Å². The van der Waals surface area contributed by atoms with E-state index in [1.807, 2.05) is 31.2 Å². The van der Waals surface area contributed by atoms with Crippen molar-refractivity contribution in [3.63, 3.8) is 0 Å². The fourth-order valence-electron chi connectivity index (χ4n) is 3.13. The van der Waals surface area contributed by atoms with Crippen molar-refractivity contribution in [3.05, 3.63) is 82.4 Å². The Hall–Kier alpha value is -4.08. The third kappa shape index (κ3) is 4.97. The van der Waals surface area contributed by atoms with E-state index in [0.717, 1.165) is 18.4 Å². The predicted molar refractivity (Wildman–Crippen MR) is 117 cm³/mol. The molecule has 0 unspecified atom stereocenters. The van der Waals surface area contributed by atoms with E-state index in [4.69, 9.17) is 4.74 Å². The zero-order chi connectivity index (χ0) is 22.3. The Morgan fingerprint density at radius 1 is 1.16 bits per heavy atom. The molecule has 9 nitrogen and oxygen atoms in total. The average molecular weight is 435 g/mol. The second kappa shape index (κ2) is 9.82. The van der Waals surface area contributed by atoms with Crippen molar-refractivity contribution in [2.75, 3.05) is 11.9 Å². The molecular formula is C22H22FN7O2. The topological polar surface area (TPSA) is 111 Å². The van der Waals surface area contributed by atoms with Gasteiger partial charge in [0.2, 0.25) is 0 Å². The summed E-state index contributed by atoms with van der Waals surface area (Å²) in [6, 6.07) is 11.7. The molecule has 10 heteroatoms. The summed E-state index contributed by atoms with van der Waals surface area (Å²) < 4.78 is 20.7. The summed E-state index contributed by atoms with van der Waals surface area (Å²) in [5.74, 6) is 0.675. The Morgan fingerprint density at radius 3 is 2.75 bits per heavy atom. The van der Waals surface area contributed by atoms with Crippen molar-refractivity contribution in [1.82, 2.24) is 30.2 Å². The summed E-state index contributed by atoms with van der Waals surface area (Å²) in [4.78, 5) is 17.2. The number of aryl methyl sites for hydroxylation is 2. The average Bonchev–Trinajstić information content (AvgIpc) is 3.33. The van der Waals surface area contributed by atoms with Crippen LogP contribution in [0.3, 0.4) is 0 Å². The van der Waals surface area contributed by atoms with Crippen molar-refractivity contribution in [2.24, 2.45) is 0 Å². The third-order valence-corrected chi connectivity index (χ3v) is 4.74. The quantitative estimate of drug-likeness (QED) is 0.415. The van der Waals surface area contributed by atoms with E-state index in [9.17, 15) is 9.18 Å². The first kappa shape index (κ1) is 21.2. The predicted octanol–water partition coefficient (Wildman–Crippen LogP) is 3.20. The lowest BCUT2D eigenvalue weighted by Crippen LogP contribution is -2.22. The van der Waals surface area contributed by atoms with E-state index < -0.39 is 5.82 Å². The van der Waals surface area contributed by atoms with E-state index in [2.05, 4.69) is 30.9 Å². The van der Waals surface area contributed by atoms with Crippen LogP contribution in [0.5, 0.6) is 5.75 Å². The smallest absolute Gasteiger partial charge is 0.298 e. The molecular weight excluding hydrogens is 413 g/mol. The van der Waals surface area contributed by atoms with Gasteiger partial charge in [0.05, 0.1) is 12.3 Å². The number of H-pyrrole nitrogens is 1. The minimum absolute atomic E-state index is 0.113. The Bertz CT molecular complexity index is 1220. The van der Waals surface area contributed by atoms with Crippen LogP contribution in [0.2, 0.25) is 0 Å². The molecule has 0 atom stereocenters. The Kier molecular flexibility index (Phi) is 6.49. The number of benzene rings is 2. The van der Waals surface area contributed by atoms with Gasteiger partial charge < -0.3 is 10.1 Å². The summed E-state index contributed by atoms with van der Waals surface area (Å²) in [6.45, 7) is 2.39. The molecule has 2 aromatic carbocycles. The number of ether oxygens (including phenoxy) is 1. The van der Waals surface area contributed by atoms with E-state index in [1.54, 1.807) is 6.20 Å². The maximum atomic E-state index is 13.6. The van der Waals surface area contributed by atoms with Gasteiger partial charge in [0.25, 0.3) is 5.56 Å².